The Kier molecular flexibility index (Phi) is 7.89. The van der Waals surface area contributed by atoms with Crippen molar-refractivity contribution < 1.29 is 24.2 Å². The summed E-state index contributed by atoms with van der Waals surface area (Å²) in [7, 11) is 0. The van der Waals surface area contributed by atoms with Gasteiger partial charge >= 0.3 is 12.1 Å². The van der Waals surface area contributed by atoms with Gasteiger partial charge in [0.1, 0.15) is 6.61 Å². The SMILES string of the molecule is CCCCOCC(NC(=O)OCc1ccccc1)C(=O)O. The molecule has 0 fully saturated rings. The molecule has 1 amide bonds. The third-order valence-electron chi connectivity index (χ3n) is 2.73. The van der Waals surface area contributed by atoms with E-state index >= 15 is 0 Å². The molecule has 6 nitrogen and oxygen atoms in total. The van der Waals surface area contributed by atoms with E-state index in [-0.39, 0.29) is 13.2 Å². The fourth-order valence-electron chi connectivity index (χ4n) is 1.53. The molecule has 1 aromatic carbocycles. The molecule has 21 heavy (non-hydrogen) atoms. The van der Waals surface area contributed by atoms with E-state index < -0.39 is 18.1 Å². The molecular formula is C15H21NO5. The lowest BCUT2D eigenvalue weighted by atomic mass is 10.2. The second-order valence-electron chi connectivity index (χ2n) is 4.53. The average Bonchev–Trinajstić information content (AvgIpc) is 2.49. The molecular weight excluding hydrogens is 274 g/mol. The Morgan fingerprint density at radius 2 is 2.00 bits per heavy atom. The Morgan fingerprint density at radius 3 is 2.62 bits per heavy atom. The lowest BCUT2D eigenvalue weighted by molar-refractivity contribution is -0.141. The van der Waals surface area contributed by atoms with Gasteiger partial charge in [-0.15, -0.1) is 0 Å². The average molecular weight is 295 g/mol. The van der Waals surface area contributed by atoms with Crippen LogP contribution in [0.15, 0.2) is 30.3 Å². The fraction of sp³-hybridized carbons (Fsp3) is 0.467. The van der Waals surface area contributed by atoms with Crippen LogP contribution in [0.2, 0.25) is 0 Å². The van der Waals surface area contributed by atoms with E-state index in [0.29, 0.717) is 6.61 Å². The Labute approximate surface area is 124 Å². The number of carboxylic acid groups (broad SMARTS) is 1. The Balaban J connectivity index is 2.33. The number of hydrogen-bond acceptors (Lipinski definition) is 4. The molecule has 6 heteroatoms. The summed E-state index contributed by atoms with van der Waals surface area (Å²) in [6, 6.07) is 8.05. The molecule has 0 aromatic heterocycles. The van der Waals surface area contributed by atoms with Crippen molar-refractivity contribution in [3.8, 4) is 0 Å². The first-order valence-electron chi connectivity index (χ1n) is 6.91. The molecule has 1 unspecified atom stereocenters. The summed E-state index contributed by atoms with van der Waals surface area (Å²) in [5.74, 6) is -1.15. The summed E-state index contributed by atoms with van der Waals surface area (Å²) in [6.07, 6.45) is 1.04. The number of rotatable bonds is 9. The molecule has 2 N–H and O–H groups in total. The van der Waals surface area contributed by atoms with E-state index in [1.165, 1.54) is 0 Å². The summed E-state index contributed by atoms with van der Waals surface area (Å²) in [5, 5.41) is 11.3. The minimum atomic E-state index is -1.15. The quantitative estimate of drug-likeness (QED) is 0.682. The Bertz CT molecular complexity index is 435. The molecule has 1 rings (SSSR count). The van der Waals surface area contributed by atoms with Gasteiger partial charge in [-0.25, -0.2) is 9.59 Å². The lowest BCUT2D eigenvalue weighted by Crippen LogP contribution is -2.44. The molecule has 0 radical (unpaired) electrons. The largest absolute Gasteiger partial charge is 0.480 e. The van der Waals surface area contributed by atoms with Crippen LogP contribution in [0.25, 0.3) is 0 Å². The monoisotopic (exact) mass is 295 g/mol. The molecule has 1 atom stereocenters. The van der Waals surface area contributed by atoms with Crippen molar-refractivity contribution in [2.24, 2.45) is 0 Å². The second kappa shape index (κ2) is 9.77. The van der Waals surface area contributed by atoms with Crippen molar-refractivity contribution in [2.75, 3.05) is 13.2 Å². The van der Waals surface area contributed by atoms with E-state index in [4.69, 9.17) is 14.6 Å². The van der Waals surface area contributed by atoms with Crippen LogP contribution < -0.4 is 5.32 Å². The number of carbonyl (C=O) groups excluding carboxylic acids is 1. The van der Waals surface area contributed by atoms with Gasteiger partial charge in [-0.1, -0.05) is 43.7 Å². The first kappa shape index (κ1) is 17.0. The first-order chi connectivity index (χ1) is 10.1. The molecule has 116 valence electrons. The third-order valence-corrected chi connectivity index (χ3v) is 2.73. The second-order valence-corrected chi connectivity index (χ2v) is 4.53. The summed E-state index contributed by atoms with van der Waals surface area (Å²) in [4.78, 5) is 22.6. The Hall–Kier alpha value is -2.08. The maximum Gasteiger partial charge on any atom is 0.408 e. The minimum Gasteiger partial charge on any atom is -0.480 e. The summed E-state index contributed by atoms with van der Waals surface area (Å²) in [5.41, 5.74) is 0.832. The standard InChI is InChI=1S/C15H21NO5/c1-2-3-9-20-11-13(14(17)18)16-15(19)21-10-12-7-5-4-6-8-12/h4-8,13H,2-3,9-11H2,1H3,(H,16,19)(H,17,18). The molecule has 0 aliphatic rings. The summed E-state index contributed by atoms with van der Waals surface area (Å²) >= 11 is 0. The molecule has 0 aliphatic carbocycles. The zero-order valence-electron chi connectivity index (χ0n) is 12.1. The number of amides is 1. The van der Waals surface area contributed by atoms with E-state index in [9.17, 15) is 9.59 Å². The van der Waals surface area contributed by atoms with Gasteiger partial charge in [0.2, 0.25) is 0 Å². The van der Waals surface area contributed by atoms with Gasteiger partial charge in [0.15, 0.2) is 6.04 Å². The number of unbranched alkanes of at least 4 members (excludes halogenated alkanes) is 1. The molecule has 0 saturated carbocycles. The van der Waals surface area contributed by atoms with Gasteiger partial charge in [-0.3, -0.25) is 0 Å². The molecule has 0 spiro atoms. The van der Waals surface area contributed by atoms with Crippen LogP contribution in [0.4, 0.5) is 4.79 Å². The van der Waals surface area contributed by atoms with E-state index in [2.05, 4.69) is 5.32 Å². The predicted octanol–water partition coefficient (Wildman–Crippen LogP) is 2.18. The van der Waals surface area contributed by atoms with E-state index in [1.807, 2.05) is 37.3 Å². The van der Waals surface area contributed by atoms with Gasteiger partial charge in [0.25, 0.3) is 0 Å². The number of carbonyl (C=O) groups is 2. The predicted molar refractivity (Wildman–Crippen MR) is 76.9 cm³/mol. The van der Waals surface area contributed by atoms with Crippen molar-refractivity contribution in [3.05, 3.63) is 35.9 Å². The summed E-state index contributed by atoms with van der Waals surface area (Å²) < 4.78 is 10.2. The maximum absolute atomic E-state index is 11.6. The minimum absolute atomic E-state index is 0.0736. The van der Waals surface area contributed by atoms with Crippen molar-refractivity contribution in [1.29, 1.82) is 0 Å². The van der Waals surface area contributed by atoms with Gasteiger partial charge < -0.3 is 19.9 Å². The lowest BCUT2D eigenvalue weighted by Gasteiger charge is -2.14. The van der Waals surface area contributed by atoms with Crippen LogP contribution in [0.5, 0.6) is 0 Å². The Morgan fingerprint density at radius 1 is 1.29 bits per heavy atom. The van der Waals surface area contributed by atoms with Crippen LogP contribution in [-0.4, -0.2) is 36.4 Å². The number of nitrogens with one attached hydrogen (secondary N) is 1. The highest BCUT2D eigenvalue weighted by Crippen LogP contribution is 2.01. The number of ether oxygens (including phenoxy) is 2. The molecule has 0 heterocycles. The zero-order chi connectivity index (χ0) is 15.5. The topological polar surface area (TPSA) is 84.9 Å². The number of hydrogen-bond donors (Lipinski definition) is 2. The van der Waals surface area contributed by atoms with Gasteiger partial charge in [-0.2, -0.15) is 0 Å². The summed E-state index contributed by atoms with van der Waals surface area (Å²) in [6.45, 7) is 2.50. The third kappa shape index (κ3) is 7.31. The smallest absolute Gasteiger partial charge is 0.408 e. The van der Waals surface area contributed by atoms with Crippen LogP contribution in [-0.2, 0) is 20.9 Å². The highest BCUT2D eigenvalue weighted by Gasteiger charge is 2.20. The number of aliphatic carboxylic acids is 1. The number of carboxylic acids is 1. The van der Waals surface area contributed by atoms with Crippen molar-refractivity contribution in [2.45, 2.75) is 32.4 Å². The van der Waals surface area contributed by atoms with Crippen LogP contribution in [0, 0.1) is 0 Å². The number of benzene rings is 1. The highest BCUT2D eigenvalue weighted by molar-refractivity contribution is 5.79. The fourth-order valence-corrected chi connectivity index (χ4v) is 1.53. The first-order valence-corrected chi connectivity index (χ1v) is 6.91. The van der Waals surface area contributed by atoms with E-state index in [1.54, 1.807) is 0 Å². The van der Waals surface area contributed by atoms with Gasteiger partial charge in [0.05, 0.1) is 6.61 Å². The van der Waals surface area contributed by atoms with Gasteiger partial charge in [0, 0.05) is 6.61 Å². The molecule has 0 aliphatic heterocycles. The normalized spacial score (nSPS) is 11.7. The highest BCUT2D eigenvalue weighted by atomic mass is 16.5. The number of alkyl carbamates (subject to hydrolysis) is 1. The molecule has 0 bridgehead atoms. The van der Waals surface area contributed by atoms with Crippen molar-refractivity contribution in [1.82, 2.24) is 5.32 Å². The molecule has 0 saturated heterocycles. The van der Waals surface area contributed by atoms with Crippen molar-refractivity contribution >= 4 is 12.1 Å². The zero-order valence-corrected chi connectivity index (χ0v) is 12.1. The molecule has 1 aromatic rings. The van der Waals surface area contributed by atoms with Gasteiger partial charge in [-0.05, 0) is 12.0 Å². The van der Waals surface area contributed by atoms with Crippen LogP contribution >= 0.6 is 0 Å². The van der Waals surface area contributed by atoms with Crippen LogP contribution in [0.3, 0.4) is 0 Å². The van der Waals surface area contributed by atoms with E-state index in [0.717, 1.165) is 18.4 Å². The maximum atomic E-state index is 11.6. The van der Waals surface area contributed by atoms with Crippen molar-refractivity contribution in [3.63, 3.8) is 0 Å². The van der Waals surface area contributed by atoms with Crippen LogP contribution in [0.1, 0.15) is 25.3 Å².